The molecule has 0 aromatic carbocycles. The third kappa shape index (κ3) is 2.43. The molecule has 5 heteroatoms. The molecule has 1 heterocycles. The lowest BCUT2D eigenvalue weighted by atomic mass is 9.56. The van der Waals surface area contributed by atoms with Gasteiger partial charge in [0.15, 0.2) is 0 Å². The van der Waals surface area contributed by atoms with E-state index in [1.807, 2.05) is 0 Å². The maximum Gasteiger partial charge on any atom is 0.129 e. The van der Waals surface area contributed by atoms with E-state index in [0.717, 1.165) is 51.4 Å². The summed E-state index contributed by atoms with van der Waals surface area (Å²) < 4.78 is 14.4. The Balaban J connectivity index is 1.65. The number of alkyl halides is 2. The van der Waals surface area contributed by atoms with Crippen molar-refractivity contribution in [3.05, 3.63) is 0 Å². The van der Waals surface area contributed by atoms with E-state index in [-0.39, 0.29) is 35.1 Å². The lowest BCUT2D eigenvalue weighted by Crippen LogP contribution is -2.59. The third-order valence-electron chi connectivity index (χ3n) is 7.21. The number of aliphatic hydroxyl groups is 1. The molecule has 3 N–H and O–H groups in total. The quantitative estimate of drug-likeness (QED) is 0.717. The molecule has 23 heavy (non-hydrogen) atoms. The topological polar surface area (TPSA) is 58.6 Å². The van der Waals surface area contributed by atoms with Crippen molar-refractivity contribution in [1.82, 2.24) is 0 Å². The molecule has 0 aromatic heterocycles. The number of nitrogens with zero attached hydrogens (tertiary/aromatic N) is 1. The summed E-state index contributed by atoms with van der Waals surface area (Å²) in [6.07, 6.45) is 7.45. The second-order valence-corrected chi connectivity index (χ2v) is 8.85. The normalized spacial score (nSPS) is 53.3. The highest BCUT2D eigenvalue weighted by Gasteiger charge is 2.59. The molecule has 3 saturated carbocycles. The number of halogens is 2. The van der Waals surface area contributed by atoms with Gasteiger partial charge in [-0.2, -0.15) is 0 Å². The van der Waals surface area contributed by atoms with Gasteiger partial charge in [0.2, 0.25) is 0 Å². The van der Waals surface area contributed by atoms with Crippen molar-refractivity contribution in [1.29, 1.82) is 0 Å². The number of hydrogen-bond donors (Lipinski definition) is 2. The van der Waals surface area contributed by atoms with E-state index in [1.165, 1.54) is 0 Å². The smallest absolute Gasteiger partial charge is 0.129 e. The minimum absolute atomic E-state index is 0.0301. The van der Waals surface area contributed by atoms with Gasteiger partial charge in [-0.3, -0.25) is 4.99 Å². The van der Waals surface area contributed by atoms with Crippen LogP contribution in [0.5, 0.6) is 0 Å². The summed E-state index contributed by atoms with van der Waals surface area (Å²) in [7, 11) is 0. The van der Waals surface area contributed by atoms with Gasteiger partial charge in [-0.15, -0.1) is 11.6 Å². The van der Waals surface area contributed by atoms with Crippen LogP contribution in [0, 0.1) is 23.7 Å². The van der Waals surface area contributed by atoms with Gasteiger partial charge in [0.05, 0.1) is 6.04 Å². The standard InChI is InChI=1S/C18H28ClFN2O/c19-10-5-8-16-14(9-10)18(23,17(21)22-16)13-6-7-15(20)12-4-2-1-3-11(12)13/h10-16,23H,1-9H2,(H2,21,22). The molecule has 8 atom stereocenters. The molecule has 0 amide bonds. The van der Waals surface area contributed by atoms with Crippen LogP contribution in [0.2, 0.25) is 0 Å². The molecule has 4 aliphatic rings. The highest BCUT2D eigenvalue weighted by molar-refractivity contribution is 6.20. The molecule has 4 rings (SSSR count). The average molecular weight is 343 g/mol. The maximum atomic E-state index is 14.4. The number of aliphatic imine (C=N–C) groups is 1. The van der Waals surface area contributed by atoms with Crippen molar-refractivity contribution in [2.45, 2.75) is 81.0 Å². The van der Waals surface area contributed by atoms with Gasteiger partial charge in [-0.05, 0) is 62.7 Å². The number of rotatable bonds is 1. The second kappa shape index (κ2) is 5.87. The Morgan fingerprint density at radius 2 is 1.78 bits per heavy atom. The van der Waals surface area contributed by atoms with Crippen molar-refractivity contribution >= 4 is 17.4 Å². The van der Waals surface area contributed by atoms with Crippen LogP contribution in [0.1, 0.15) is 57.8 Å². The van der Waals surface area contributed by atoms with E-state index in [2.05, 4.69) is 4.99 Å². The van der Waals surface area contributed by atoms with E-state index in [9.17, 15) is 9.50 Å². The maximum absolute atomic E-state index is 14.4. The van der Waals surface area contributed by atoms with Gasteiger partial charge in [-0.25, -0.2) is 4.39 Å². The van der Waals surface area contributed by atoms with E-state index in [0.29, 0.717) is 12.3 Å². The van der Waals surface area contributed by atoms with Gasteiger partial charge in [-0.1, -0.05) is 12.8 Å². The number of amidine groups is 1. The fourth-order valence-corrected chi connectivity index (χ4v) is 6.44. The van der Waals surface area contributed by atoms with Gasteiger partial charge in [0, 0.05) is 11.3 Å². The molecule has 1 aliphatic heterocycles. The number of nitrogens with two attached hydrogens (primary N) is 1. The zero-order valence-electron chi connectivity index (χ0n) is 13.6. The van der Waals surface area contributed by atoms with Crippen molar-refractivity contribution in [2.75, 3.05) is 0 Å². The van der Waals surface area contributed by atoms with Crippen LogP contribution >= 0.6 is 11.6 Å². The Morgan fingerprint density at radius 3 is 2.57 bits per heavy atom. The largest absolute Gasteiger partial charge is 0.385 e. The van der Waals surface area contributed by atoms with Crippen LogP contribution in [0.15, 0.2) is 4.99 Å². The number of hydrogen-bond acceptors (Lipinski definition) is 3. The van der Waals surface area contributed by atoms with Gasteiger partial charge >= 0.3 is 0 Å². The van der Waals surface area contributed by atoms with Crippen LogP contribution < -0.4 is 5.73 Å². The minimum Gasteiger partial charge on any atom is -0.385 e. The lowest BCUT2D eigenvalue weighted by molar-refractivity contribution is -0.0905. The van der Waals surface area contributed by atoms with Crippen molar-refractivity contribution in [3.63, 3.8) is 0 Å². The molecule has 3 nitrogen and oxygen atoms in total. The average Bonchev–Trinajstić information content (AvgIpc) is 2.80. The molecular weight excluding hydrogens is 315 g/mol. The zero-order valence-corrected chi connectivity index (χ0v) is 14.4. The molecule has 0 bridgehead atoms. The Kier molecular flexibility index (Phi) is 4.12. The molecule has 3 fully saturated rings. The molecule has 130 valence electrons. The minimum atomic E-state index is -1.06. The predicted molar refractivity (Wildman–Crippen MR) is 90.4 cm³/mol. The second-order valence-electron chi connectivity index (χ2n) is 8.24. The Labute approximate surface area is 142 Å². The van der Waals surface area contributed by atoms with Crippen LogP contribution in [-0.2, 0) is 0 Å². The first kappa shape index (κ1) is 16.1. The summed E-state index contributed by atoms with van der Waals surface area (Å²) in [5.41, 5.74) is 5.21. The highest BCUT2D eigenvalue weighted by Crippen LogP contribution is 2.54. The SMILES string of the molecule is NC1=NC2CCC(Cl)CC2C1(O)C1CCC(F)C2CCCCC21. The zero-order chi connectivity index (χ0) is 16.2. The Hall–Kier alpha value is -0.350. The first-order valence-electron chi connectivity index (χ1n) is 9.36. The van der Waals surface area contributed by atoms with Gasteiger partial charge < -0.3 is 10.8 Å². The van der Waals surface area contributed by atoms with E-state index in [4.69, 9.17) is 17.3 Å². The molecule has 0 radical (unpaired) electrons. The summed E-state index contributed by atoms with van der Waals surface area (Å²) >= 11 is 6.39. The first-order chi connectivity index (χ1) is 11.0. The van der Waals surface area contributed by atoms with Crippen molar-refractivity contribution in [2.24, 2.45) is 34.4 Å². The fraction of sp³-hybridized carbons (Fsp3) is 0.944. The van der Waals surface area contributed by atoms with Crippen molar-refractivity contribution < 1.29 is 9.50 Å². The summed E-state index contributed by atoms with van der Waals surface area (Å²) in [5, 5.41) is 11.8. The first-order valence-corrected chi connectivity index (χ1v) is 9.79. The van der Waals surface area contributed by atoms with Crippen LogP contribution in [0.25, 0.3) is 0 Å². The molecule has 0 aromatic rings. The molecule has 0 spiro atoms. The van der Waals surface area contributed by atoms with E-state index in [1.54, 1.807) is 0 Å². The third-order valence-corrected chi connectivity index (χ3v) is 7.60. The Morgan fingerprint density at radius 1 is 1.04 bits per heavy atom. The monoisotopic (exact) mass is 342 g/mol. The molecule has 0 saturated heterocycles. The van der Waals surface area contributed by atoms with Crippen LogP contribution in [0.3, 0.4) is 0 Å². The van der Waals surface area contributed by atoms with Gasteiger partial charge in [0.1, 0.15) is 17.6 Å². The van der Waals surface area contributed by atoms with Crippen molar-refractivity contribution in [3.8, 4) is 0 Å². The van der Waals surface area contributed by atoms with Crippen LogP contribution in [0.4, 0.5) is 4.39 Å². The van der Waals surface area contributed by atoms with Gasteiger partial charge in [0.25, 0.3) is 0 Å². The molecule has 3 aliphatic carbocycles. The summed E-state index contributed by atoms with van der Waals surface area (Å²) in [4.78, 5) is 4.62. The Bertz CT molecular complexity index is 501. The highest BCUT2D eigenvalue weighted by atomic mass is 35.5. The molecular formula is C18H28ClFN2O. The van der Waals surface area contributed by atoms with E-state index >= 15 is 0 Å². The lowest BCUT2D eigenvalue weighted by Gasteiger charge is -2.51. The van der Waals surface area contributed by atoms with Crippen LogP contribution in [-0.4, -0.2) is 34.1 Å². The molecule has 8 unspecified atom stereocenters. The number of fused-ring (bicyclic) bond motifs is 2. The summed E-state index contributed by atoms with van der Waals surface area (Å²) in [5.74, 6) is 0.849. The fourth-order valence-electron chi connectivity index (χ4n) is 6.12. The summed E-state index contributed by atoms with van der Waals surface area (Å²) in [6, 6.07) is 0.111. The van der Waals surface area contributed by atoms with E-state index < -0.39 is 11.8 Å². The predicted octanol–water partition coefficient (Wildman–Crippen LogP) is 3.42. The summed E-state index contributed by atoms with van der Waals surface area (Å²) in [6.45, 7) is 0.